The standard InChI is InChI=1S/C17H24O3/c1-5-13(3)19-16-10-8-7-9-15(16)11-12-17(18)20-14(4)6-2/h7-14H,5-6H2,1-4H3. The van der Waals surface area contributed by atoms with Gasteiger partial charge < -0.3 is 9.47 Å². The summed E-state index contributed by atoms with van der Waals surface area (Å²) in [5.74, 6) is 0.465. The smallest absolute Gasteiger partial charge is 0.331 e. The van der Waals surface area contributed by atoms with E-state index in [4.69, 9.17) is 9.47 Å². The van der Waals surface area contributed by atoms with Crippen LogP contribution in [0.4, 0.5) is 0 Å². The van der Waals surface area contributed by atoms with Crippen molar-refractivity contribution in [3.05, 3.63) is 35.9 Å². The zero-order valence-electron chi connectivity index (χ0n) is 12.8. The van der Waals surface area contributed by atoms with E-state index in [0.29, 0.717) is 0 Å². The number of hydrogen-bond acceptors (Lipinski definition) is 3. The van der Waals surface area contributed by atoms with E-state index in [-0.39, 0.29) is 18.2 Å². The number of esters is 1. The molecule has 20 heavy (non-hydrogen) atoms. The molecule has 110 valence electrons. The van der Waals surface area contributed by atoms with Gasteiger partial charge in [0.2, 0.25) is 0 Å². The molecule has 1 aromatic rings. The number of benzene rings is 1. The SMILES string of the molecule is CCC(C)OC(=O)C=Cc1ccccc1OC(C)CC. The van der Waals surface area contributed by atoms with Crippen LogP contribution in [-0.4, -0.2) is 18.2 Å². The van der Waals surface area contributed by atoms with E-state index in [9.17, 15) is 4.79 Å². The summed E-state index contributed by atoms with van der Waals surface area (Å²) in [6.07, 6.45) is 5.03. The van der Waals surface area contributed by atoms with E-state index in [1.165, 1.54) is 6.08 Å². The molecule has 0 saturated heterocycles. The summed E-state index contributed by atoms with van der Waals surface area (Å²) in [4.78, 5) is 11.6. The van der Waals surface area contributed by atoms with Crippen molar-refractivity contribution in [2.24, 2.45) is 0 Å². The first-order chi connectivity index (χ1) is 9.56. The predicted octanol–water partition coefficient (Wildman–Crippen LogP) is 4.22. The highest BCUT2D eigenvalue weighted by Gasteiger charge is 2.06. The van der Waals surface area contributed by atoms with Gasteiger partial charge in [0.15, 0.2) is 0 Å². The Morgan fingerprint density at radius 1 is 1.15 bits per heavy atom. The average Bonchev–Trinajstić information content (AvgIpc) is 2.46. The topological polar surface area (TPSA) is 35.5 Å². The van der Waals surface area contributed by atoms with Crippen molar-refractivity contribution in [3.8, 4) is 5.75 Å². The minimum atomic E-state index is -0.322. The minimum Gasteiger partial charge on any atom is -0.490 e. The molecular formula is C17H24O3. The fourth-order valence-electron chi connectivity index (χ4n) is 1.50. The molecule has 0 aliphatic carbocycles. The third kappa shape index (κ3) is 5.47. The van der Waals surface area contributed by atoms with Gasteiger partial charge in [-0.25, -0.2) is 4.79 Å². The third-order valence-electron chi connectivity index (χ3n) is 3.11. The third-order valence-corrected chi connectivity index (χ3v) is 3.11. The summed E-state index contributed by atoms with van der Waals surface area (Å²) in [6.45, 7) is 7.97. The molecule has 2 unspecified atom stereocenters. The van der Waals surface area contributed by atoms with Crippen LogP contribution >= 0.6 is 0 Å². The summed E-state index contributed by atoms with van der Waals surface area (Å²) in [7, 11) is 0. The van der Waals surface area contributed by atoms with E-state index >= 15 is 0 Å². The van der Waals surface area contributed by atoms with Crippen LogP contribution in [0.3, 0.4) is 0 Å². The van der Waals surface area contributed by atoms with Crippen LogP contribution in [0.25, 0.3) is 6.08 Å². The quantitative estimate of drug-likeness (QED) is 0.552. The van der Waals surface area contributed by atoms with Crippen molar-refractivity contribution < 1.29 is 14.3 Å². The number of ether oxygens (including phenoxy) is 2. The molecule has 0 spiro atoms. The van der Waals surface area contributed by atoms with Crippen molar-refractivity contribution in [3.63, 3.8) is 0 Å². The Bertz CT molecular complexity index is 451. The highest BCUT2D eigenvalue weighted by molar-refractivity contribution is 5.87. The maximum Gasteiger partial charge on any atom is 0.331 e. The van der Waals surface area contributed by atoms with Crippen LogP contribution in [-0.2, 0) is 9.53 Å². The number of carbonyl (C=O) groups is 1. The minimum absolute atomic E-state index is 0.0567. The molecule has 3 heteroatoms. The number of para-hydroxylation sites is 1. The lowest BCUT2D eigenvalue weighted by atomic mass is 10.2. The van der Waals surface area contributed by atoms with Crippen molar-refractivity contribution in [1.29, 1.82) is 0 Å². The molecule has 1 rings (SSSR count). The van der Waals surface area contributed by atoms with Crippen molar-refractivity contribution in [2.45, 2.75) is 52.7 Å². The normalized spacial score (nSPS) is 14.0. The summed E-state index contributed by atoms with van der Waals surface area (Å²) in [5.41, 5.74) is 0.883. The van der Waals surface area contributed by atoms with E-state index < -0.39 is 0 Å². The maximum atomic E-state index is 11.6. The van der Waals surface area contributed by atoms with Crippen LogP contribution in [0.2, 0.25) is 0 Å². The first-order valence-corrected chi connectivity index (χ1v) is 7.21. The second-order valence-corrected chi connectivity index (χ2v) is 4.86. The monoisotopic (exact) mass is 276 g/mol. The second kappa shape index (κ2) is 8.41. The van der Waals surface area contributed by atoms with Gasteiger partial charge in [-0.15, -0.1) is 0 Å². The van der Waals surface area contributed by atoms with E-state index in [2.05, 4.69) is 6.92 Å². The van der Waals surface area contributed by atoms with Gasteiger partial charge in [0.05, 0.1) is 12.2 Å². The van der Waals surface area contributed by atoms with Crippen LogP contribution < -0.4 is 4.74 Å². The predicted molar refractivity (Wildman–Crippen MR) is 81.7 cm³/mol. The molecule has 0 radical (unpaired) electrons. The highest BCUT2D eigenvalue weighted by atomic mass is 16.5. The number of hydrogen-bond donors (Lipinski definition) is 0. The van der Waals surface area contributed by atoms with E-state index in [1.54, 1.807) is 6.08 Å². The molecule has 0 amide bonds. The van der Waals surface area contributed by atoms with Crippen LogP contribution in [0, 0.1) is 0 Å². The maximum absolute atomic E-state index is 11.6. The fourth-order valence-corrected chi connectivity index (χ4v) is 1.50. The molecule has 0 aliphatic heterocycles. The van der Waals surface area contributed by atoms with Crippen LogP contribution in [0.1, 0.15) is 46.1 Å². The Labute approximate surface area is 121 Å². The molecule has 1 aromatic carbocycles. The summed E-state index contributed by atoms with van der Waals surface area (Å²) >= 11 is 0. The summed E-state index contributed by atoms with van der Waals surface area (Å²) in [5, 5.41) is 0. The molecule has 0 aromatic heterocycles. The Balaban J connectivity index is 2.74. The lowest BCUT2D eigenvalue weighted by Crippen LogP contribution is -2.11. The molecule has 0 aliphatic rings. The first kappa shape index (κ1) is 16.3. The highest BCUT2D eigenvalue weighted by Crippen LogP contribution is 2.21. The molecule has 0 bridgehead atoms. The first-order valence-electron chi connectivity index (χ1n) is 7.21. The fraction of sp³-hybridized carbons (Fsp3) is 0.471. The molecule has 0 saturated carbocycles. The molecule has 3 nitrogen and oxygen atoms in total. The largest absolute Gasteiger partial charge is 0.490 e. The van der Waals surface area contributed by atoms with Gasteiger partial charge in [0, 0.05) is 11.6 Å². The van der Waals surface area contributed by atoms with Crippen LogP contribution in [0.15, 0.2) is 30.3 Å². The van der Waals surface area contributed by atoms with Crippen molar-refractivity contribution in [2.75, 3.05) is 0 Å². The van der Waals surface area contributed by atoms with Gasteiger partial charge >= 0.3 is 5.97 Å². The van der Waals surface area contributed by atoms with Gasteiger partial charge in [0.25, 0.3) is 0 Å². The molecule has 0 fully saturated rings. The Morgan fingerprint density at radius 3 is 2.45 bits per heavy atom. The summed E-state index contributed by atoms with van der Waals surface area (Å²) in [6, 6.07) is 7.67. The van der Waals surface area contributed by atoms with Gasteiger partial charge in [-0.2, -0.15) is 0 Å². The van der Waals surface area contributed by atoms with Gasteiger partial charge in [0.1, 0.15) is 5.75 Å². The molecule has 2 atom stereocenters. The van der Waals surface area contributed by atoms with Crippen molar-refractivity contribution >= 4 is 12.0 Å². The summed E-state index contributed by atoms with van der Waals surface area (Å²) < 4.78 is 11.0. The molecular weight excluding hydrogens is 252 g/mol. The molecule has 0 N–H and O–H groups in total. The van der Waals surface area contributed by atoms with Gasteiger partial charge in [-0.05, 0) is 38.8 Å². The van der Waals surface area contributed by atoms with Crippen LogP contribution in [0.5, 0.6) is 5.75 Å². The lowest BCUT2D eigenvalue weighted by Gasteiger charge is -2.14. The Morgan fingerprint density at radius 2 is 1.80 bits per heavy atom. The van der Waals surface area contributed by atoms with Crippen molar-refractivity contribution in [1.82, 2.24) is 0 Å². The number of rotatable bonds is 7. The van der Waals surface area contributed by atoms with E-state index in [0.717, 1.165) is 24.2 Å². The van der Waals surface area contributed by atoms with Gasteiger partial charge in [-0.3, -0.25) is 0 Å². The Kier molecular flexibility index (Phi) is 6.85. The van der Waals surface area contributed by atoms with Gasteiger partial charge in [-0.1, -0.05) is 32.0 Å². The second-order valence-electron chi connectivity index (χ2n) is 4.86. The number of carbonyl (C=O) groups excluding carboxylic acids is 1. The zero-order chi connectivity index (χ0) is 15.0. The molecule has 0 heterocycles. The Hall–Kier alpha value is -1.77. The van der Waals surface area contributed by atoms with E-state index in [1.807, 2.05) is 45.0 Å². The average molecular weight is 276 g/mol. The zero-order valence-corrected chi connectivity index (χ0v) is 12.8. The lowest BCUT2D eigenvalue weighted by molar-refractivity contribution is -0.142.